The standard InChI is InChI=1S/C7H9NO/c1-2-7(9)6-8-4-3-5-8/h1H,3-6H2. The van der Waals surface area contributed by atoms with Gasteiger partial charge in [0.25, 0.3) is 0 Å². The van der Waals surface area contributed by atoms with Gasteiger partial charge in [-0.15, -0.1) is 6.42 Å². The second-order valence-electron chi connectivity index (χ2n) is 2.20. The topological polar surface area (TPSA) is 20.3 Å². The van der Waals surface area contributed by atoms with Gasteiger partial charge in [-0.25, -0.2) is 0 Å². The SMILES string of the molecule is C#CC(=O)CN1CCC1. The fourth-order valence-corrected chi connectivity index (χ4v) is 0.789. The first kappa shape index (κ1) is 6.31. The van der Waals surface area contributed by atoms with Crippen LogP contribution in [-0.4, -0.2) is 30.3 Å². The summed E-state index contributed by atoms with van der Waals surface area (Å²) < 4.78 is 0. The second-order valence-corrected chi connectivity index (χ2v) is 2.20. The predicted octanol–water partition coefficient (Wildman–Crippen LogP) is -0.106. The Balaban J connectivity index is 2.18. The van der Waals surface area contributed by atoms with Gasteiger partial charge in [-0.2, -0.15) is 0 Å². The summed E-state index contributed by atoms with van der Waals surface area (Å²) in [6, 6.07) is 0. The molecule has 0 N–H and O–H groups in total. The molecule has 9 heavy (non-hydrogen) atoms. The summed E-state index contributed by atoms with van der Waals surface area (Å²) in [5.41, 5.74) is 0. The lowest BCUT2D eigenvalue weighted by molar-refractivity contribution is -0.115. The van der Waals surface area contributed by atoms with E-state index in [4.69, 9.17) is 6.42 Å². The highest BCUT2D eigenvalue weighted by Gasteiger charge is 2.15. The summed E-state index contributed by atoms with van der Waals surface area (Å²) in [6.45, 7) is 2.53. The van der Waals surface area contributed by atoms with Crippen molar-refractivity contribution < 1.29 is 4.79 Å². The van der Waals surface area contributed by atoms with Crippen LogP contribution in [0.4, 0.5) is 0 Å². The summed E-state index contributed by atoms with van der Waals surface area (Å²) in [7, 11) is 0. The first-order valence-corrected chi connectivity index (χ1v) is 3.05. The Morgan fingerprint density at radius 3 is 2.67 bits per heavy atom. The van der Waals surface area contributed by atoms with E-state index >= 15 is 0 Å². The first-order valence-electron chi connectivity index (χ1n) is 3.05. The van der Waals surface area contributed by atoms with Gasteiger partial charge in [-0.3, -0.25) is 9.69 Å². The summed E-state index contributed by atoms with van der Waals surface area (Å²) in [6.07, 6.45) is 6.08. The van der Waals surface area contributed by atoms with E-state index in [0.717, 1.165) is 13.1 Å². The first-order chi connectivity index (χ1) is 4.33. The second kappa shape index (κ2) is 2.65. The van der Waals surface area contributed by atoms with E-state index in [2.05, 4.69) is 5.92 Å². The Kier molecular flexibility index (Phi) is 1.86. The molecule has 0 radical (unpaired) electrons. The van der Waals surface area contributed by atoms with Gasteiger partial charge in [0, 0.05) is 0 Å². The van der Waals surface area contributed by atoms with Crippen molar-refractivity contribution in [3.63, 3.8) is 0 Å². The lowest BCUT2D eigenvalue weighted by Gasteiger charge is -2.28. The number of terminal acetylenes is 1. The molecule has 1 aliphatic heterocycles. The van der Waals surface area contributed by atoms with Crippen molar-refractivity contribution in [2.45, 2.75) is 6.42 Å². The average Bonchev–Trinajstić information content (AvgIpc) is 1.78. The number of Topliss-reactive ketones (excluding diaryl/α,β-unsaturated/α-hetero) is 1. The van der Waals surface area contributed by atoms with Crippen molar-refractivity contribution in [2.75, 3.05) is 19.6 Å². The Labute approximate surface area is 54.8 Å². The molecule has 1 fully saturated rings. The molecule has 1 rings (SSSR count). The molecule has 0 aromatic heterocycles. The number of hydrogen-bond acceptors (Lipinski definition) is 2. The maximum Gasteiger partial charge on any atom is 0.219 e. The Bertz CT molecular complexity index is 153. The minimum atomic E-state index is -0.102. The van der Waals surface area contributed by atoms with E-state index in [1.165, 1.54) is 6.42 Å². The minimum Gasteiger partial charge on any atom is -0.295 e. The average molecular weight is 123 g/mol. The predicted molar refractivity (Wildman–Crippen MR) is 34.9 cm³/mol. The van der Waals surface area contributed by atoms with Crippen LogP contribution in [0.3, 0.4) is 0 Å². The fourth-order valence-electron chi connectivity index (χ4n) is 0.789. The van der Waals surface area contributed by atoms with Crippen LogP contribution in [0.25, 0.3) is 0 Å². The molecule has 2 heteroatoms. The van der Waals surface area contributed by atoms with E-state index in [9.17, 15) is 4.79 Å². The van der Waals surface area contributed by atoms with Crippen LogP contribution in [-0.2, 0) is 4.79 Å². The third-order valence-electron chi connectivity index (χ3n) is 1.48. The smallest absolute Gasteiger partial charge is 0.219 e. The van der Waals surface area contributed by atoms with Gasteiger partial charge in [0.1, 0.15) is 0 Å². The molecular formula is C7H9NO. The van der Waals surface area contributed by atoms with E-state index < -0.39 is 0 Å². The maximum atomic E-state index is 10.5. The molecule has 0 bridgehead atoms. The van der Waals surface area contributed by atoms with Crippen molar-refractivity contribution in [1.29, 1.82) is 0 Å². The number of hydrogen-bond donors (Lipinski definition) is 0. The summed E-state index contributed by atoms with van der Waals surface area (Å²) in [5.74, 6) is 1.98. The Hall–Kier alpha value is -0.810. The van der Waals surface area contributed by atoms with Gasteiger partial charge in [-0.05, 0) is 25.4 Å². The molecule has 2 nitrogen and oxygen atoms in total. The monoisotopic (exact) mass is 123 g/mol. The molecular weight excluding hydrogens is 114 g/mol. The van der Waals surface area contributed by atoms with E-state index in [1.807, 2.05) is 4.90 Å². The number of ketones is 1. The zero-order valence-corrected chi connectivity index (χ0v) is 5.26. The number of carbonyl (C=O) groups is 1. The number of carbonyl (C=O) groups excluding carboxylic acids is 1. The number of nitrogens with zero attached hydrogens (tertiary/aromatic N) is 1. The van der Waals surface area contributed by atoms with Gasteiger partial charge in [-0.1, -0.05) is 0 Å². The van der Waals surface area contributed by atoms with Gasteiger partial charge in [0.05, 0.1) is 6.54 Å². The van der Waals surface area contributed by atoms with Crippen LogP contribution in [0.5, 0.6) is 0 Å². The lowest BCUT2D eigenvalue weighted by Crippen LogP contribution is -2.40. The van der Waals surface area contributed by atoms with Crippen LogP contribution >= 0.6 is 0 Å². The van der Waals surface area contributed by atoms with Crippen molar-refractivity contribution in [3.05, 3.63) is 0 Å². The molecule has 1 heterocycles. The maximum absolute atomic E-state index is 10.5. The van der Waals surface area contributed by atoms with Gasteiger partial charge in [0.2, 0.25) is 5.78 Å². The minimum absolute atomic E-state index is 0.102. The molecule has 0 aromatic carbocycles. The van der Waals surface area contributed by atoms with Crippen LogP contribution in [0, 0.1) is 12.3 Å². The van der Waals surface area contributed by atoms with Gasteiger partial charge >= 0.3 is 0 Å². The van der Waals surface area contributed by atoms with Crippen LogP contribution in [0.2, 0.25) is 0 Å². The summed E-state index contributed by atoms with van der Waals surface area (Å²) >= 11 is 0. The van der Waals surface area contributed by atoms with E-state index in [1.54, 1.807) is 0 Å². The van der Waals surface area contributed by atoms with Crippen molar-refractivity contribution in [1.82, 2.24) is 4.90 Å². The molecule has 0 aliphatic carbocycles. The third kappa shape index (κ3) is 1.55. The lowest BCUT2D eigenvalue weighted by atomic mass is 10.2. The molecule has 1 saturated heterocycles. The number of rotatable bonds is 2. The number of likely N-dealkylation sites (tertiary alicyclic amines) is 1. The highest BCUT2D eigenvalue weighted by molar-refractivity contribution is 5.96. The quantitative estimate of drug-likeness (QED) is 0.377. The molecule has 1 aliphatic rings. The molecule has 0 spiro atoms. The molecule has 48 valence electrons. The van der Waals surface area contributed by atoms with E-state index in [0.29, 0.717) is 6.54 Å². The van der Waals surface area contributed by atoms with Crippen LogP contribution in [0.1, 0.15) is 6.42 Å². The van der Waals surface area contributed by atoms with Crippen molar-refractivity contribution >= 4 is 5.78 Å². The van der Waals surface area contributed by atoms with Crippen molar-refractivity contribution in [3.8, 4) is 12.3 Å². The molecule has 0 amide bonds. The Morgan fingerprint density at radius 2 is 2.33 bits per heavy atom. The van der Waals surface area contributed by atoms with Gasteiger partial charge in [0.15, 0.2) is 0 Å². The highest BCUT2D eigenvalue weighted by atomic mass is 16.1. The Morgan fingerprint density at radius 1 is 1.67 bits per heavy atom. The molecule has 0 atom stereocenters. The van der Waals surface area contributed by atoms with Crippen molar-refractivity contribution in [2.24, 2.45) is 0 Å². The molecule has 0 aromatic rings. The third-order valence-corrected chi connectivity index (χ3v) is 1.48. The normalized spacial score (nSPS) is 18.1. The van der Waals surface area contributed by atoms with Crippen LogP contribution in [0.15, 0.2) is 0 Å². The molecule has 0 unspecified atom stereocenters. The fraction of sp³-hybridized carbons (Fsp3) is 0.571. The largest absolute Gasteiger partial charge is 0.295 e. The highest BCUT2D eigenvalue weighted by Crippen LogP contribution is 2.03. The zero-order chi connectivity index (χ0) is 6.69. The summed E-state index contributed by atoms with van der Waals surface area (Å²) in [4.78, 5) is 12.6. The molecule has 0 saturated carbocycles. The summed E-state index contributed by atoms with van der Waals surface area (Å²) in [5, 5.41) is 0. The van der Waals surface area contributed by atoms with E-state index in [-0.39, 0.29) is 5.78 Å². The van der Waals surface area contributed by atoms with Crippen LogP contribution < -0.4 is 0 Å². The van der Waals surface area contributed by atoms with Gasteiger partial charge < -0.3 is 0 Å². The zero-order valence-electron chi connectivity index (χ0n) is 5.26.